The van der Waals surface area contributed by atoms with Crippen molar-refractivity contribution in [2.75, 3.05) is 0 Å². The molecule has 0 unspecified atom stereocenters. The molecule has 0 amide bonds. The predicted molar refractivity (Wildman–Crippen MR) is 12.1 cm³/mol. The Bertz CT molecular complexity index is 33.0. The molecule has 0 heterocycles. The summed E-state index contributed by atoms with van der Waals surface area (Å²) in [6, 6.07) is 0. The van der Waals surface area contributed by atoms with E-state index in [1.807, 2.05) is 0 Å². The van der Waals surface area contributed by atoms with E-state index < -0.39 is 12.9 Å². The number of carbonyl (C=O) groups excluding carboxylic acids is 2. The van der Waals surface area contributed by atoms with Gasteiger partial charge in [0.2, 0.25) is 0 Å². The second-order valence-corrected chi connectivity index (χ2v) is 0.192. The fourth-order valence-electron chi connectivity index (χ4n) is 0. The Kier molecular flexibility index (Phi) is 178. The standard InChI is InChI=1S/2CH2O2.2Li/c2*2-1-3;;/h2*1H,(H,2,3);;/q;;2*+1/p-2. The zero-order chi connectivity index (χ0) is 5.41. The summed E-state index contributed by atoms with van der Waals surface area (Å²) in [5.41, 5.74) is 0. The Morgan fingerprint density at radius 2 is 0.875 bits per heavy atom. The van der Waals surface area contributed by atoms with Crippen LogP contribution in [0.3, 0.4) is 0 Å². The van der Waals surface area contributed by atoms with Crippen LogP contribution in [0.5, 0.6) is 0 Å². The molecule has 0 spiro atoms. The molecule has 0 saturated carbocycles. The average Bonchev–Trinajstić information content (AvgIpc) is 1.39. The average molecular weight is 104 g/mol. The molecule has 0 aromatic carbocycles. The summed E-state index contributed by atoms with van der Waals surface area (Å²) in [5.74, 6) is 0. The van der Waals surface area contributed by atoms with Crippen molar-refractivity contribution < 1.29 is 57.5 Å². The van der Waals surface area contributed by atoms with E-state index >= 15 is 0 Å². The van der Waals surface area contributed by atoms with E-state index in [1.165, 1.54) is 0 Å². The summed E-state index contributed by atoms with van der Waals surface area (Å²) < 4.78 is 0. The molecule has 6 heteroatoms. The van der Waals surface area contributed by atoms with E-state index in [2.05, 4.69) is 0 Å². The van der Waals surface area contributed by atoms with Gasteiger partial charge >= 0.3 is 37.7 Å². The van der Waals surface area contributed by atoms with E-state index in [9.17, 15) is 0 Å². The summed E-state index contributed by atoms with van der Waals surface area (Å²) in [7, 11) is 0. The minimum absolute atomic E-state index is 0. The first-order valence-corrected chi connectivity index (χ1v) is 0.943. The van der Waals surface area contributed by atoms with Crippen molar-refractivity contribution in [3.05, 3.63) is 0 Å². The molecule has 0 aromatic rings. The molecule has 0 fully saturated rings. The van der Waals surface area contributed by atoms with E-state index in [1.54, 1.807) is 0 Å². The molecule has 0 radical (unpaired) electrons. The number of hydrogen-bond acceptors (Lipinski definition) is 4. The van der Waals surface area contributed by atoms with E-state index in [4.69, 9.17) is 19.8 Å². The topological polar surface area (TPSA) is 80.3 Å². The molecule has 4 nitrogen and oxygen atoms in total. The van der Waals surface area contributed by atoms with Crippen molar-refractivity contribution in [2.45, 2.75) is 0 Å². The molecule has 36 valence electrons. The second-order valence-electron chi connectivity index (χ2n) is 0.192. The SMILES string of the molecule is O=C[O-].O=C[O-].[Li+].[Li+]. The van der Waals surface area contributed by atoms with Gasteiger partial charge in [-0.05, 0) is 0 Å². The van der Waals surface area contributed by atoms with Crippen molar-refractivity contribution in [2.24, 2.45) is 0 Å². The summed E-state index contributed by atoms with van der Waals surface area (Å²) in [4.78, 5) is 16.5. The molecule has 0 rings (SSSR count). The van der Waals surface area contributed by atoms with Crippen LogP contribution in [0.4, 0.5) is 0 Å². The molecule has 0 bridgehead atoms. The smallest absolute Gasteiger partial charge is 0.554 e. The maximum Gasteiger partial charge on any atom is 1.00 e. The first-order chi connectivity index (χ1) is 2.83. The first kappa shape index (κ1) is 24.2. The summed E-state index contributed by atoms with van der Waals surface area (Å²) >= 11 is 0. The van der Waals surface area contributed by atoms with Crippen molar-refractivity contribution in [1.29, 1.82) is 0 Å². The number of carboxylic acid groups (broad SMARTS) is 2. The molecule has 0 N–H and O–H groups in total. The maximum atomic E-state index is 8.25. The molecule has 8 heavy (non-hydrogen) atoms. The zero-order valence-electron chi connectivity index (χ0n) is 4.79. The van der Waals surface area contributed by atoms with E-state index in [0.717, 1.165) is 0 Å². The number of hydrogen-bond donors (Lipinski definition) is 0. The molecule has 0 aliphatic heterocycles. The van der Waals surface area contributed by atoms with Gasteiger partial charge in [0.1, 0.15) is 0 Å². The zero-order valence-corrected chi connectivity index (χ0v) is 4.79. The minimum atomic E-state index is -0.500. The quantitative estimate of drug-likeness (QED) is 0.226. The summed E-state index contributed by atoms with van der Waals surface area (Å²) in [6.45, 7) is -1.00. The summed E-state index contributed by atoms with van der Waals surface area (Å²) in [6.07, 6.45) is 0. The van der Waals surface area contributed by atoms with Crippen molar-refractivity contribution in [1.82, 2.24) is 0 Å². The van der Waals surface area contributed by atoms with Crippen LogP contribution in [0.1, 0.15) is 0 Å². The van der Waals surface area contributed by atoms with Crippen LogP contribution < -0.4 is 47.9 Å². The Hall–Kier alpha value is 0.135. The van der Waals surface area contributed by atoms with Gasteiger partial charge in [-0.15, -0.1) is 0 Å². The third kappa shape index (κ3) is 8900. The van der Waals surface area contributed by atoms with Crippen LogP contribution in [0.2, 0.25) is 0 Å². The van der Waals surface area contributed by atoms with Gasteiger partial charge < -0.3 is 19.8 Å². The Labute approximate surface area is 70.6 Å². The van der Waals surface area contributed by atoms with Gasteiger partial charge in [0.15, 0.2) is 0 Å². The molecule has 0 aliphatic carbocycles. The molecular weight excluding hydrogens is 102 g/mol. The minimum Gasteiger partial charge on any atom is -0.554 e. The van der Waals surface area contributed by atoms with E-state index in [-0.39, 0.29) is 37.7 Å². The van der Waals surface area contributed by atoms with Gasteiger partial charge in [0.05, 0.1) is 0 Å². The fraction of sp³-hybridized carbons (Fsp3) is 0. The van der Waals surface area contributed by atoms with Gasteiger partial charge in [-0.3, -0.25) is 0 Å². The van der Waals surface area contributed by atoms with E-state index in [0.29, 0.717) is 0 Å². The third-order valence-electron chi connectivity index (χ3n) is 0. The van der Waals surface area contributed by atoms with Gasteiger partial charge in [-0.1, -0.05) is 0 Å². The monoisotopic (exact) mass is 104 g/mol. The van der Waals surface area contributed by atoms with Crippen LogP contribution in [0.15, 0.2) is 0 Å². The maximum absolute atomic E-state index is 8.25. The predicted octanol–water partition coefficient (Wildman–Crippen LogP) is -9.26. The molecule has 0 aliphatic rings. The molecular formula is C2H2Li2O4. The normalized spacial score (nSPS) is 3.00. The van der Waals surface area contributed by atoms with Crippen LogP contribution in [0.25, 0.3) is 0 Å². The molecule has 0 aromatic heterocycles. The largest absolute Gasteiger partial charge is 1.00 e. The summed E-state index contributed by atoms with van der Waals surface area (Å²) in [5, 5.41) is 16.5. The van der Waals surface area contributed by atoms with Crippen molar-refractivity contribution >= 4 is 12.9 Å². The Morgan fingerprint density at radius 3 is 0.875 bits per heavy atom. The Balaban J connectivity index is -0.0000000160. The fourth-order valence-corrected chi connectivity index (χ4v) is 0. The third-order valence-corrected chi connectivity index (χ3v) is 0. The van der Waals surface area contributed by atoms with Gasteiger partial charge in [0, 0.05) is 12.9 Å². The van der Waals surface area contributed by atoms with Crippen LogP contribution in [0, 0.1) is 0 Å². The van der Waals surface area contributed by atoms with Crippen LogP contribution >= 0.6 is 0 Å². The molecule has 0 saturated heterocycles. The second kappa shape index (κ2) is 58.9. The van der Waals surface area contributed by atoms with Gasteiger partial charge in [-0.25, -0.2) is 0 Å². The van der Waals surface area contributed by atoms with Crippen LogP contribution in [-0.4, -0.2) is 12.9 Å². The van der Waals surface area contributed by atoms with Gasteiger partial charge in [-0.2, -0.15) is 0 Å². The Morgan fingerprint density at radius 1 is 0.875 bits per heavy atom. The van der Waals surface area contributed by atoms with Gasteiger partial charge in [0.25, 0.3) is 0 Å². The van der Waals surface area contributed by atoms with Crippen molar-refractivity contribution in [3.63, 3.8) is 0 Å². The number of carbonyl (C=O) groups is 2. The molecule has 0 atom stereocenters. The number of rotatable bonds is 0. The van der Waals surface area contributed by atoms with Crippen molar-refractivity contribution in [3.8, 4) is 0 Å². The van der Waals surface area contributed by atoms with Crippen LogP contribution in [-0.2, 0) is 9.59 Å². The first-order valence-electron chi connectivity index (χ1n) is 0.943.